The van der Waals surface area contributed by atoms with Gasteiger partial charge < -0.3 is 10.5 Å². The Hall–Kier alpha value is -0.860. The fraction of sp³-hybridized carbons (Fsp3) is 0.571. The maximum atomic E-state index is 5.49. The van der Waals surface area contributed by atoms with E-state index in [0.29, 0.717) is 6.10 Å². The Morgan fingerprint density at radius 2 is 2.00 bits per heavy atom. The zero-order valence-electron chi connectivity index (χ0n) is 10.4. The quantitative estimate of drug-likeness (QED) is 0.718. The molecule has 1 atom stereocenters. The lowest BCUT2D eigenvalue weighted by molar-refractivity contribution is 0.119. The minimum Gasteiger partial charge on any atom is -0.381 e. The summed E-state index contributed by atoms with van der Waals surface area (Å²) in [6.07, 6.45) is 4.70. The van der Waals surface area contributed by atoms with Crippen LogP contribution in [-0.4, -0.2) is 19.8 Å². The molecule has 1 rings (SSSR count). The fourth-order valence-electron chi connectivity index (χ4n) is 1.80. The molecule has 0 fully saturated rings. The van der Waals surface area contributed by atoms with E-state index in [9.17, 15) is 0 Å². The highest BCUT2D eigenvalue weighted by Gasteiger charge is 2.02. The minimum atomic E-state index is 0.291. The van der Waals surface area contributed by atoms with Crippen LogP contribution in [0.25, 0.3) is 0 Å². The number of benzene rings is 1. The summed E-state index contributed by atoms with van der Waals surface area (Å²) in [5, 5.41) is 0. The standard InChI is InChI=1S/C14H23NO/c1-12(16-2)10-14-8-5-7-13(11-14)6-3-4-9-15/h5,7-8,11-12H,3-4,6,9-10,15H2,1-2H3. The van der Waals surface area contributed by atoms with Gasteiger partial charge in [-0.05, 0) is 50.3 Å². The van der Waals surface area contributed by atoms with Gasteiger partial charge in [0.2, 0.25) is 0 Å². The van der Waals surface area contributed by atoms with Crippen LogP contribution in [0.5, 0.6) is 0 Å². The number of nitrogens with two attached hydrogens (primary N) is 1. The van der Waals surface area contributed by atoms with Gasteiger partial charge in [-0.15, -0.1) is 0 Å². The summed E-state index contributed by atoms with van der Waals surface area (Å²) in [7, 11) is 1.76. The molecule has 0 radical (unpaired) electrons. The molecule has 90 valence electrons. The molecule has 2 heteroatoms. The Labute approximate surface area is 98.8 Å². The molecule has 0 saturated carbocycles. The third-order valence-corrected chi connectivity index (χ3v) is 2.84. The molecule has 0 aliphatic rings. The number of methoxy groups -OCH3 is 1. The number of rotatable bonds is 7. The molecule has 16 heavy (non-hydrogen) atoms. The van der Waals surface area contributed by atoms with Crippen LogP contribution in [0.2, 0.25) is 0 Å². The van der Waals surface area contributed by atoms with E-state index < -0.39 is 0 Å². The SMILES string of the molecule is COC(C)Cc1cccc(CCCCN)c1. The second-order valence-corrected chi connectivity index (χ2v) is 4.32. The Morgan fingerprint density at radius 1 is 1.25 bits per heavy atom. The molecule has 0 aliphatic heterocycles. The molecule has 0 aromatic heterocycles. The van der Waals surface area contributed by atoms with Crippen molar-refractivity contribution < 1.29 is 4.74 Å². The molecule has 1 aromatic carbocycles. The first-order valence-electron chi connectivity index (χ1n) is 6.07. The van der Waals surface area contributed by atoms with E-state index in [4.69, 9.17) is 10.5 Å². The van der Waals surface area contributed by atoms with Gasteiger partial charge in [0, 0.05) is 7.11 Å². The fourth-order valence-corrected chi connectivity index (χ4v) is 1.80. The number of aryl methyl sites for hydroxylation is 1. The van der Waals surface area contributed by atoms with Gasteiger partial charge in [0.15, 0.2) is 0 Å². The summed E-state index contributed by atoms with van der Waals surface area (Å²) in [6, 6.07) is 8.78. The average Bonchev–Trinajstić information content (AvgIpc) is 2.30. The smallest absolute Gasteiger partial charge is 0.0583 e. The Bertz CT molecular complexity index is 299. The van der Waals surface area contributed by atoms with Crippen LogP contribution in [0.4, 0.5) is 0 Å². The van der Waals surface area contributed by atoms with E-state index in [1.807, 2.05) is 0 Å². The van der Waals surface area contributed by atoms with Crippen LogP contribution in [0.3, 0.4) is 0 Å². The Morgan fingerprint density at radius 3 is 2.69 bits per heavy atom. The van der Waals surface area contributed by atoms with Crippen LogP contribution >= 0.6 is 0 Å². The van der Waals surface area contributed by atoms with Crippen molar-refractivity contribution in [2.75, 3.05) is 13.7 Å². The molecule has 0 saturated heterocycles. The zero-order chi connectivity index (χ0) is 11.8. The average molecular weight is 221 g/mol. The van der Waals surface area contributed by atoms with Crippen molar-refractivity contribution in [2.24, 2.45) is 5.73 Å². The molecular formula is C14H23NO. The number of ether oxygens (including phenoxy) is 1. The van der Waals surface area contributed by atoms with Gasteiger partial charge >= 0.3 is 0 Å². The van der Waals surface area contributed by atoms with Gasteiger partial charge in [0.25, 0.3) is 0 Å². The van der Waals surface area contributed by atoms with E-state index in [2.05, 4.69) is 31.2 Å². The monoisotopic (exact) mass is 221 g/mol. The maximum Gasteiger partial charge on any atom is 0.0583 e. The molecule has 1 aromatic rings. The van der Waals surface area contributed by atoms with Gasteiger partial charge in [-0.25, -0.2) is 0 Å². The van der Waals surface area contributed by atoms with E-state index in [0.717, 1.165) is 25.8 Å². The van der Waals surface area contributed by atoms with Crippen LogP contribution in [0, 0.1) is 0 Å². The van der Waals surface area contributed by atoms with Gasteiger partial charge in [-0.2, -0.15) is 0 Å². The third-order valence-electron chi connectivity index (χ3n) is 2.84. The lowest BCUT2D eigenvalue weighted by Crippen LogP contribution is -2.08. The van der Waals surface area contributed by atoms with Crippen LogP contribution in [0.1, 0.15) is 30.9 Å². The largest absolute Gasteiger partial charge is 0.381 e. The lowest BCUT2D eigenvalue weighted by atomic mass is 10.0. The third kappa shape index (κ3) is 4.77. The molecule has 0 bridgehead atoms. The van der Waals surface area contributed by atoms with Crippen molar-refractivity contribution in [3.05, 3.63) is 35.4 Å². The van der Waals surface area contributed by atoms with Crippen molar-refractivity contribution in [3.63, 3.8) is 0 Å². The van der Waals surface area contributed by atoms with Crippen molar-refractivity contribution in [2.45, 2.75) is 38.7 Å². The first-order chi connectivity index (χ1) is 7.76. The lowest BCUT2D eigenvalue weighted by Gasteiger charge is -2.10. The first-order valence-corrected chi connectivity index (χ1v) is 6.07. The van der Waals surface area contributed by atoms with Crippen molar-refractivity contribution in [1.82, 2.24) is 0 Å². The highest BCUT2D eigenvalue weighted by atomic mass is 16.5. The predicted octanol–water partition coefficient (Wildman–Crippen LogP) is 2.55. The minimum absolute atomic E-state index is 0.291. The number of hydrogen-bond donors (Lipinski definition) is 1. The normalized spacial score (nSPS) is 12.7. The van der Waals surface area contributed by atoms with Gasteiger partial charge in [0.05, 0.1) is 6.10 Å². The van der Waals surface area contributed by atoms with Gasteiger partial charge in [-0.1, -0.05) is 24.3 Å². The van der Waals surface area contributed by atoms with Gasteiger partial charge in [-0.3, -0.25) is 0 Å². The molecule has 1 unspecified atom stereocenters. The van der Waals surface area contributed by atoms with E-state index >= 15 is 0 Å². The topological polar surface area (TPSA) is 35.2 Å². The number of hydrogen-bond acceptors (Lipinski definition) is 2. The van der Waals surface area contributed by atoms with E-state index in [1.54, 1.807) is 7.11 Å². The van der Waals surface area contributed by atoms with E-state index in [1.165, 1.54) is 17.5 Å². The van der Waals surface area contributed by atoms with Crippen LogP contribution in [0.15, 0.2) is 24.3 Å². The van der Waals surface area contributed by atoms with Crippen molar-refractivity contribution in [3.8, 4) is 0 Å². The summed E-state index contributed by atoms with van der Waals surface area (Å²) in [5.41, 5.74) is 8.26. The summed E-state index contributed by atoms with van der Waals surface area (Å²) in [6.45, 7) is 2.89. The summed E-state index contributed by atoms with van der Waals surface area (Å²) in [4.78, 5) is 0. The Balaban J connectivity index is 2.50. The highest BCUT2D eigenvalue weighted by Crippen LogP contribution is 2.11. The molecule has 2 N–H and O–H groups in total. The Kier molecular flexibility index (Phi) is 6.12. The molecule has 0 spiro atoms. The molecule has 0 heterocycles. The van der Waals surface area contributed by atoms with Crippen molar-refractivity contribution >= 4 is 0 Å². The molecule has 0 amide bonds. The van der Waals surface area contributed by atoms with Gasteiger partial charge in [0.1, 0.15) is 0 Å². The predicted molar refractivity (Wildman–Crippen MR) is 68.6 cm³/mol. The maximum absolute atomic E-state index is 5.49. The molecule has 0 aliphatic carbocycles. The molecular weight excluding hydrogens is 198 g/mol. The van der Waals surface area contributed by atoms with E-state index in [-0.39, 0.29) is 0 Å². The van der Waals surface area contributed by atoms with Crippen LogP contribution in [-0.2, 0) is 17.6 Å². The van der Waals surface area contributed by atoms with Crippen molar-refractivity contribution in [1.29, 1.82) is 0 Å². The molecule has 2 nitrogen and oxygen atoms in total. The number of unbranched alkanes of at least 4 members (excludes halogenated alkanes) is 1. The highest BCUT2D eigenvalue weighted by molar-refractivity contribution is 5.24. The zero-order valence-corrected chi connectivity index (χ0v) is 10.4. The summed E-state index contributed by atoms with van der Waals surface area (Å²) in [5.74, 6) is 0. The summed E-state index contributed by atoms with van der Waals surface area (Å²) < 4.78 is 5.28. The first kappa shape index (κ1) is 13.2. The second kappa shape index (κ2) is 7.42. The second-order valence-electron chi connectivity index (χ2n) is 4.32. The summed E-state index contributed by atoms with van der Waals surface area (Å²) >= 11 is 0. The van der Waals surface area contributed by atoms with Crippen LogP contribution < -0.4 is 5.73 Å².